The number of hydrogen-bond donors (Lipinski definition) is 2. The molecule has 0 bridgehead atoms. The Morgan fingerprint density at radius 3 is 2.53 bits per heavy atom. The number of likely N-dealkylation sites (N-methyl/N-ethyl adjacent to an activating group) is 1. The molecule has 4 nitrogen and oxygen atoms in total. The van der Waals surface area contributed by atoms with E-state index in [1.807, 2.05) is 7.05 Å². The van der Waals surface area contributed by atoms with Gasteiger partial charge in [-0.05, 0) is 31.3 Å². The third-order valence-electron chi connectivity index (χ3n) is 1.88. The molecule has 2 N–H and O–H groups in total. The monoisotopic (exact) mass is 278 g/mol. The Labute approximate surface area is 112 Å². The third-order valence-corrected chi connectivity index (χ3v) is 2.13. The topological polar surface area (TPSA) is 50.4 Å². The second kappa shape index (κ2) is 9.10. The van der Waals surface area contributed by atoms with Gasteiger partial charge in [-0.3, -0.25) is 4.79 Å². The van der Waals surface area contributed by atoms with Crippen molar-refractivity contribution < 1.29 is 9.53 Å². The van der Waals surface area contributed by atoms with Gasteiger partial charge >= 0.3 is 0 Å². The van der Waals surface area contributed by atoms with E-state index in [4.69, 9.17) is 16.3 Å². The molecule has 17 heavy (non-hydrogen) atoms. The largest absolute Gasteiger partial charge is 0.484 e. The van der Waals surface area contributed by atoms with Crippen molar-refractivity contribution in [3.8, 4) is 5.75 Å². The van der Waals surface area contributed by atoms with Crippen LogP contribution in [0.15, 0.2) is 24.3 Å². The van der Waals surface area contributed by atoms with Crippen LogP contribution in [-0.2, 0) is 4.79 Å². The van der Waals surface area contributed by atoms with E-state index in [0.29, 0.717) is 17.3 Å². The van der Waals surface area contributed by atoms with Crippen molar-refractivity contribution in [2.45, 2.75) is 0 Å². The molecule has 0 fully saturated rings. The molecule has 0 aliphatic heterocycles. The van der Waals surface area contributed by atoms with Crippen LogP contribution < -0.4 is 15.4 Å². The Balaban J connectivity index is 0.00000256. The quantitative estimate of drug-likeness (QED) is 0.775. The molecule has 1 rings (SSSR count). The summed E-state index contributed by atoms with van der Waals surface area (Å²) in [6.07, 6.45) is 0. The highest BCUT2D eigenvalue weighted by atomic mass is 35.5. The smallest absolute Gasteiger partial charge is 0.257 e. The first kappa shape index (κ1) is 16.0. The summed E-state index contributed by atoms with van der Waals surface area (Å²) in [4.78, 5) is 11.3. The van der Waals surface area contributed by atoms with Gasteiger partial charge in [-0.1, -0.05) is 11.6 Å². The summed E-state index contributed by atoms with van der Waals surface area (Å²) >= 11 is 5.72. The number of ether oxygens (including phenoxy) is 1. The Kier molecular flexibility index (Phi) is 8.58. The molecule has 0 atom stereocenters. The second-order valence-electron chi connectivity index (χ2n) is 3.20. The number of halogens is 2. The van der Waals surface area contributed by atoms with Crippen molar-refractivity contribution in [1.82, 2.24) is 10.6 Å². The van der Waals surface area contributed by atoms with E-state index in [0.717, 1.165) is 6.54 Å². The van der Waals surface area contributed by atoms with Crippen LogP contribution >= 0.6 is 24.0 Å². The summed E-state index contributed by atoms with van der Waals surface area (Å²) in [7, 11) is 1.83. The maximum absolute atomic E-state index is 11.3. The van der Waals surface area contributed by atoms with E-state index in [2.05, 4.69) is 10.6 Å². The van der Waals surface area contributed by atoms with Gasteiger partial charge in [-0.2, -0.15) is 0 Å². The molecule has 0 saturated carbocycles. The summed E-state index contributed by atoms with van der Waals surface area (Å²) < 4.78 is 5.26. The molecule has 1 amide bonds. The van der Waals surface area contributed by atoms with Crippen molar-refractivity contribution in [2.75, 3.05) is 26.7 Å². The van der Waals surface area contributed by atoms with Crippen LogP contribution in [0.2, 0.25) is 5.02 Å². The van der Waals surface area contributed by atoms with Gasteiger partial charge in [0, 0.05) is 18.1 Å². The van der Waals surface area contributed by atoms with Crippen LogP contribution in [-0.4, -0.2) is 32.7 Å². The van der Waals surface area contributed by atoms with Crippen LogP contribution in [0.4, 0.5) is 0 Å². The lowest BCUT2D eigenvalue weighted by molar-refractivity contribution is -0.123. The zero-order valence-corrected chi connectivity index (χ0v) is 11.1. The van der Waals surface area contributed by atoms with E-state index in [-0.39, 0.29) is 24.9 Å². The van der Waals surface area contributed by atoms with Gasteiger partial charge in [-0.25, -0.2) is 0 Å². The molecule has 0 heterocycles. The number of nitrogens with one attached hydrogen (secondary N) is 2. The standard InChI is InChI=1S/C11H15ClN2O2.ClH/c1-13-6-7-14-11(15)8-16-10-4-2-9(12)3-5-10;/h2-5,13H,6-8H2,1H3,(H,14,15);1H. The molecular formula is C11H16Cl2N2O2. The van der Waals surface area contributed by atoms with Gasteiger partial charge < -0.3 is 15.4 Å². The fourth-order valence-corrected chi connectivity index (χ4v) is 1.18. The van der Waals surface area contributed by atoms with E-state index >= 15 is 0 Å². The number of hydrogen-bond acceptors (Lipinski definition) is 3. The molecule has 0 spiro atoms. The predicted molar refractivity (Wildman–Crippen MR) is 71.1 cm³/mol. The summed E-state index contributed by atoms with van der Waals surface area (Å²) in [6, 6.07) is 6.89. The van der Waals surface area contributed by atoms with E-state index < -0.39 is 0 Å². The summed E-state index contributed by atoms with van der Waals surface area (Å²) in [6.45, 7) is 1.36. The van der Waals surface area contributed by atoms with Crippen molar-refractivity contribution in [1.29, 1.82) is 0 Å². The minimum Gasteiger partial charge on any atom is -0.484 e. The molecule has 0 unspecified atom stereocenters. The van der Waals surface area contributed by atoms with E-state index in [1.165, 1.54) is 0 Å². The first-order chi connectivity index (χ1) is 7.72. The molecule has 0 aliphatic rings. The van der Waals surface area contributed by atoms with E-state index in [1.54, 1.807) is 24.3 Å². The number of benzene rings is 1. The minimum absolute atomic E-state index is 0. The molecule has 0 aliphatic carbocycles. The first-order valence-electron chi connectivity index (χ1n) is 5.02. The number of carbonyl (C=O) groups is 1. The Hall–Kier alpha value is -0.970. The van der Waals surface area contributed by atoms with Crippen LogP contribution in [0, 0.1) is 0 Å². The highest BCUT2D eigenvalue weighted by Crippen LogP contribution is 2.15. The third kappa shape index (κ3) is 7.05. The number of rotatable bonds is 6. The zero-order valence-electron chi connectivity index (χ0n) is 9.53. The van der Waals surface area contributed by atoms with Gasteiger partial charge in [0.15, 0.2) is 6.61 Å². The van der Waals surface area contributed by atoms with Gasteiger partial charge in [0.05, 0.1) is 0 Å². The number of amides is 1. The first-order valence-corrected chi connectivity index (χ1v) is 5.40. The fraction of sp³-hybridized carbons (Fsp3) is 0.364. The van der Waals surface area contributed by atoms with Crippen molar-refractivity contribution in [2.24, 2.45) is 0 Å². The second-order valence-corrected chi connectivity index (χ2v) is 3.63. The maximum atomic E-state index is 11.3. The molecule has 6 heteroatoms. The lowest BCUT2D eigenvalue weighted by Crippen LogP contribution is -2.33. The summed E-state index contributed by atoms with van der Waals surface area (Å²) in [5.74, 6) is 0.498. The normalized spacial score (nSPS) is 9.29. The average Bonchev–Trinajstić information content (AvgIpc) is 2.29. The SMILES string of the molecule is CNCCNC(=O)COc1ccc(Cl)cc1.Cl. The Morgan fingerprint density at radius 2 is 1.94 bits per heavy atom. The molecule has 96 valence electrons. The highest BCUT2D eigenvalue weighted by molar-refractivity contribution is 6.30. The van der Waals surface area contributed by atoms with Crippen LogP contribution in [0.5, 0.6) is 5.75 Å². The predicted octanol–water partition coefficient (Wildman–Crippen LogP) is 1.48. The van der Waals surface area contributed by atoms with Crippen LogP contribution in [0.1, 0.15) is 0 Å². The van der Waals surface area contributed by atoms with Crippen molar-refractivity contribution in [3.63, 3.8) is 0 Å². The average molecular weight is 279 g/mol. The molecule has 1 aromatic rings. The molecular weight excluding hydrogens is 263 g/mol. The molecule has 1 aromatic carbocycles. The van der Waals surface area contributed by atoms with Crippen molar-refractivity contribution in [3.05, 3.63) is 29.3 Å². The van der Waals surface area contributed by atoms with Gasteiger partial charge in [-0.15, -0.1) is 12.4 Å². The van der Waals surface area contributed by atoms with Crippen LogP contribution in [0.25, 0.3) is 0 Å². The Bertz CT molecular complexity index is 331. The molecule has 0 aromatic heterocycles. The minimum atomic E-state index is -0.134. The van der Waals surface area contributed by atoms with Gasteiger partial charge in [0.25, 0.3) is 5.91 Å². The van der Waals surface area contributed by atoms with Crippen LogP contribution in [0.3, 0.4) is 0 Å². The molecule has 0 saturated heterocycles. The maximum Gasteiger partial charge on any atom is 0.257 e. The Morgan fingerprint density at radius 1 is 1.29 bits per heavy atom. The summed E-state index contributed by atoms with van der Waals surface area (Å²) in [5.41, 5.74) is 0. The van der Waals surface area contributed by atoms with E-state index in [9.17, 15) is 4.79 Å². The zero-order chi connectivity index (χ0) is 11.8. The highest BCUT2D eigenvalue weighted by Gasteiger charge is 2.01. The van der Waals surface area contributed by atoms with Gasteiger partial charge in [0.2, 0.25) is 0 Å². The van der Waals surface area contributed by atoms with Crippen molar-refractivity contribution >= 4 is 29.9 Å². The molecule has 0 radical (unpaired) electrons. The lowest BCUT2D eigenvalue weighted by Gasteiger charge is -2.07. The number of carbonyl (C=O) groups excluding carboxylic acids is 1. The summed E-state index contributed by atoms with van der Waals surface area (Å²) in [5, 5.41) is 6.29. The fourth-order valence-electron chi connectivity index (χ4n) is 1.06. The lowest BCUT2D eigenvalue weighted by atomic mass is 10.3. The van der Waals surface area contributed by atoms with Gasteiger partial charge in [0.1, 0.15) is 5.75 Å².